The van der Waals surface area contributed by atoms with Gasteiger partial charge in [-0.25, -0.2) is 0 Å². The Bertz CT molecular complexity index is 719. The Balaban J connectivity index is 2.06. The standard InChI is InChI=1S/C14H13N3O3/c18-14-12(6-7-13-15-8-1-9-16(13)14)10-2-4-11(5-3-10)17(19)20/h2-7,15H,1,8-9H2. The van der Waals surface area contributed by atoms with Gasteiger partial charge in [-0.1, -0.05) is 0 Å². The largest absolute Gasteiger partial charge is 0.371 e. The minimum absolute atomic E-state index is 0.0217. The summed E-state index contributed by atoms with van der Waals surface area (Å²) in [5.41, 5.74) is 1.21. The summed E-state index contributed by atoms with van der Waals surface area (Å²) < 4.78 is 1.71. The molecule has 0 fully saturated rings. The Labute approximate surface area is 114 Å². The summed E-state index contributed by atoms with van der Waals surface area (Å²) in [7, 11) is 0. The van der Waals surface area contributed by atoms with E-state index >= 15 is 0 Å². The molecule has 102 valence electrons. The van der Waals surface area contributed by atoms with Crippen LogP contribution in [0, 0.1) is 10.1 Å². The first-order valence-electron chi connectivity index (χ1n) is 6.39. The summed E-state index contributed by atoms with van der Waals surface area (Å²) in [4.78, 5) is 22.6. The summed E-state index contributed by atoms with van der Waals surface area (Å²) in [6.45, 7) is 1.57. The van der Waals surface area contributed by atoms with Crippen molar-refractivity contribution in [3.8, 4) is 11.1 Å². The van der Waals surface area contributed by atoms with Crippen LogP contribution in [0.2, 0.25) is 0 Å². The van der Waals surface area contributed by atoms with E-state index in [9.17, 15) is 14.9 Å². The molecule has 6 nitrogen and oxygen atoms in total. The van der Waals surface area contributed by atoms with Crippen molar-refractivity contribution in [1.82, 2.24) is 4.57 Å². The number of aromatic nitrogens is 1. The van der Waals surface area contributed by atoms with Crippen LogP contribution in [-0.2, 0) is 6.54 Å². The molecule has 6 heteroatoms. The zero-order chi connectivity index (χ0) is 14.1. The molecule has 1 aromatic heterocycles. The van der Waals surface area contributed by atoms with Crippen LogP contribution in [0.5, 0.6) is 0 Å². The van der Waals surface area contributed by atoms with Gasteiger partial charge in [0, 0.05) is 30.8 Å². The van der Waals surface area contributed by atoms with E-state index in [0.717, 1.165) is 18.8 Å². The second kappa shape index (κ2) is 4.80. The number of rotatable bonds is 2. The summed E-state index contributed by atoms with van der Waals surface area (Å²) in [5.74, 6) is 0.826. The van der Waals surface area contributed by atoms with Gasteiger partial charge in [-0.15, -0.1) is 0 Å². The van der Waals surface area contributed by atoms with Crippen molar-refractivity contribution in [2.75, 3.05) is 11.9 Å². The molecule has 3 rings (SSSR count). The van der Waals surface area contributed by atoms with Crippen LogP contribution in [0.15, 0.2) is 41.2 Å². The third-order valence-electron chi connectivity index (χ3n) is 3.43. The quantitative estimate of drug-likeness (QED) is 0.671. The Morgan fingerprint density at radius 3 is 2.60 bits per heavy atom. The molecule has 20 heavy (non-hydrogen) atoms. The minimum Gasteiger partial charge on any atom is -0.371 e. The van der Waals surface area contributed by atoms with E-state index in [-0.39, 0.29) is 11.2 Å². The van der Waals surface area contributed by atoms with E-state index in [2.05, 4.69) is 5.32 Å². The molecule has 2 heterocycles. The zero-order valence-corrected chi connectivity index (χ0v) is 10.7. The first-order valence-corrected chi connectivity index (χ1v) is 6.39. The molecule has 0 spiro atoms. The zero-order valence-electron chi connectivity index (χ0n) is 10.7. The number of hydrogen-bond acceptors (Lipinski definition) is 4. The summed E-state index contributed by atoms with van der Waals surface area (Å²) in [6.07, 6.45) is 0.913. The lowest BCUT2D eigenvalue weighted by atomic mass is 10.1. The molecule has 0 radical (unpaired) electrons. The molecular weight excluding hydrogens is 258 g/mol. The van der Waals surface area contributed by atoms with Crippen LogP contribution in [0.3, 0.4) is 0 Å². The van der Waals surface area contributed by atoms with Gasteiger partial charge in [-0.3, -0.25) is 19.5 Å². The van der Waals surface area contributed by atoms with Crippen molar-refractivity contribution in [3.63, 3.8) is 0 Å². The lowest BCUT2D eigenvalue weighted by Crippen LogP contribution is -2.29. The van der Waals surface area contributed by atoms with Crippen LogP contribution in [0.4, 0.5) is 11.5 Å². The molecule has 2 aromatic rings. The maximum atomic E-state index is 12.4. The average Bonchev–Trinajstić information content (AvgIpc) is 2.48. The van der Waals surface area contributed by atoms with Crippen LogP contribution in [0.25, 0.3) is 11.1 Å². The maximum absolute atomic E-state index is 12.4. The number of non-ortho nitro benzene ring substituents is 1. The molecule has 1 aliphatic heterocycles. The molecule has 0 amide bonds. The smallest absolute Gasteiger partial charge is 0.269 e. The highest BCUT2D eigenvalue weighted by molar-refractivity contribution is 5.65. The van der Waals surface area contributed by atoms with Gasteiger partial charge in [0.2, 0.25) is 0 Å². The van der Waals surface area contributed by atoms with E-state index in [0.29, 0.717) is 17.7 Å². The van der Waals surface area contributed by atoms with E-state index in [1.54, 1.807) is 22.8 Å². The Morgan fingerprint density at radius 1 is 1.15 bits per heavy atom. The number of nitro groups is 1. The molecule has 0 aliphatic carbocycles. The number of anilines is 1. The Hall–Kier alpha value is -2.63. The van der Waals surface area contributed by atoms with Crippen molar-refractivity contribution in [2.24, 2.45) is 0 Å². The fourth-order valence-corrected chi connectivity index (χ4v) is 2.39. The fraction of sp³-hybridized carbons (Fsp3) is 0.214. The van der Waals surface area contributed by atoms with Gasteiger partial charge in [-0.05, 0) is 36.2 Å². The van der Waals surface area contributed by atoms with Crippen molar-refractivity contribution in [2.45, 2.75) is 13.0 Å². The molecule has 0 atom stereocenters. The Kier molecular flexibility index (Phi) is 2.98. The van der Waals surface area contributed by atoms with E-state index in [1.807, 2.05) is 6.07 Å². The van der Waals surface area contributed by atoms with Gasteiger partial charge >= 0.3 is 0 Å². The number of benzene rings is 1. The van der Waals surface area contributed by atoms with Gasteiger partial charge in [0.25, 0.3) is 11.2 Å². The minimum atomic E-state index is -0.451. The summed E-state index contributed by atoms with van der Waals surface area (Å²) in [5, 5.41) is 13.8. The molecular formula is C14H13N3O3. The highest BCUT2D eigenvalue weighted by atomic mass is 16.6. The highest BCUT2D eigenvalue weighted by Gasteiger charge is 2.14. The summed E-state index contributed by atoms with van der Waals surface area (Å²) >= 11 is 0. The number of nitrogens with zero attached hydrogens (tertiary/aromatic N) is 2. The second-order valence-electron chi connectivity index (χ2n) is 4.67. The first kappa shape index (κ1) is 12.4. The number of nitrogens with one attached hydrogen (secondary N) is 1. The van der Waals surface area contributed by atoms with Crippen molar-refractivity contribution < 1.29 is 4.92 Å². The van der Waals surface area contributed by atoms with Gasteiger partial charge in [0.15, 0.2) is 0 Å². The summed E-state index contributed by atoms with van der Waals surface area (Å²) in [6, 6.07) is 9.68. The van der Waals surface area contributed by atoms with Crippen molar-refractivity contribution in [3.05, 3.63) is 56.9 Å². The SMILES string of the molecule is O=c1c(-c2ccc([N+](=O)[O-])cc2)ccc2n1CCCN2. The third kappa shape index (κ3) is 2.05. The molecule has 1 aromatic carbocycles. The van der Waals surface area contributed by atoms with E-state index in [1.165, 1.54) is 12.1 Å². The predicted molar refractivity (Wildman–Crippen MR) is 75.9 cm³/mol. The molecule has 0 saturated heterocycles. The number of nitro benzene ring substituents is 1. The monoisotopic (exact) mass is 271 g/mol. The second-order valence-corrected chi connectivity index (χ2v) is 4.67. The van der Waals surface area contributed by atoms with Gasteiger partial charge < -0.3 is 5.32 Å². The van der Waals surface area contributed by atoms with Crippen LogP contribution >= 0.6 is 0 Å². The molecule has 0 saturated carbocycles. The van der Waals surface area contributed by atoms with Gasteiger partial charge in [-0.2, -0.15) is 0 Å². The molecule has 1 aliphatic rings. The number of hydrogen-bond donors (Lipinski definition) is 1. The fourth-order valence-electron chi connectivity index (χ4n) is 2.39. The lowest BCUT2D eigenvalue weighted by molar-refractivity contribution is -0.384. The molecule has 0 bridgehead atoms. The van der Waals surface area contributed by atoms with Crippen LogP contribution in [0.1, 0.15) is 6.42 Å². The molecule has 0 unspecified atom stereocenters. The number of pyridine rings is 1. The highest BCUT2D eigenvalue weighted by Crippen LogP contribution is 2.22. The van der Waals surface area contributed by atoms with Crippen molar-refractivity contribution >= 4 is 11.5 Å². The normalized spacial score (nSPS) is 13.4. The topological polar surface area (TPSA) is 77.2 Å². The average molecular weight is 271 g/mol. The van der Waals surface area contributed by atoms with Crippen LogP contribution < -0.4 is 10.9 Å². The Morgan fingerprint density at radius 2 is 1.90 bits per heavy atom. The number of fused-ring (bicyclic) bond motifs is 1. The maximum Gasteiger partial charge on any atom is 0.269 e. The van der Waals surface area contributed by atoms with Crippen molar-refractivity contribution in [1.29, 1.82) is 0 Å². The first-order chi connectivity index (χ1) is 9.66. The molecule has 1 N–H and O–H groups in total. The lowest BCUT2D eigenvalue weighted by Gasteiger charge is -2.20. The third-order valence-corrected chi connectivity index (χ3v) is 3.43. The predicted octanol–water partition coefficient (Wildman–Crippen LogP) is 2.24. The van der Waals surface area contributed by atoms with Gasteiger partial charge in [0.05, 0.1) is 4.92 Å². The van der Waals surface area contributed by atoms with Gasteiger partial charge in [0.1, 0.15) is 5.82 Å². The van der Waals surface area contributed by atoms with Crippen LogP contribution in [-0.4, -0.2) is 16.0 Å². The van der Waals surface area contributed by atoms with E-state index in [4.69, 9.17) is 0 Å². The van der Waals surface area contributed by atoms with E-state index < -0.39 is 4.92 Å².